The summed E-state index contributed by atoms with van der Waals surface area (Å²) < 4.78 is 22.1. The molecule has 0 saturated carbocycles. The average Bonchev–Trinajstić information content (AvgIpc) is 2.18. The Hall–Kier alpha value is -0.880. The first-order valence-corrected chi connectivity index (χ1v) is 6.39. The molecule has 1 aliphatic rings. The van der Waals surface area contributed by atoms with Gasteiger partial charge in [-0.2, -0.15) is 0 Å². The fourth-order valence-corrected chi connectivity index (χ4v) is 3.52. The van der Waals surface area contributed by atoms with Crippen molar-refractivity contribution in [2.24, 2.45) is 0 Å². The van der Waals surface area contributed by atoms with Crippen LogP contribution in [-0.2, 0) is 14.6 Å². The van der Waals surface area contributed by atoms with Gasteiger partial charge in [-0.15, -0.1) is 6.58 Å². The zero-order valence-electron chi connectivity index (χ0n) is 8.40. The van der Waals surface area contributed by atoms with Crippen LogP contribution in [0.2, 0.25) is 0 Å². The summed E-state index contributed by atoms with van der Waals surface area (Å²) in [6.45, 7) is 4.18. The van der Waals surface area contributed by atoms with Crippen LogP contribution in [0.3, 0.4) is 0 Å². The van der Waals surface area contributed by atoms with Gasteiger partial charge in [-0.05, 0) is 25.9 Å². The van der Waals surface area contributed by atoms with E-state index in [1.165, 1.54) is 6.08 Å². The summed E-state index contributed by atoms with van der Waals surface area (Å²) in [7, 11) is -3.65. The van der Waals surface area contributed by atoms with E-state index < -0.39 is 20.6 Å². The molecule has 0 bridgehead atoms. The number of hydrogen-bond donors (Lipinski definition) is 2. The molecule has 6 heteroatoms. The first kappa shape index (κ1) is 12.2. The Labute approximate surface area is 89.1 Å². The van der Waals surface area contributed by atoms with Crippen LogP contribution in [0.25, 0.3) is 0 Å². The molecule has 0 aromatic carbocycles. The van der Waals surface area contributed by atoms with Gasteiger partial charge >= 0.3 is 5.97 Å². The quantitative estimate of drug-likeness (QED) is 0.657. The Bertz CT molecular complexity index is 354. The van der Waals surface area contributed by atoms with E-state index in [4.69, 9.17) is 5.11 Å². The third-order valence-electron chi connectivity index (χ3n) is 2.73. The molecule has 0 aliphatic carbocycles. The lowest BCUT2D eigenvalue weighted by Gasteiger charge is -2.32. The Morgan fingerprint density at radius 2 is 2.00 bits per heavy atom. The molecule has 0 amide bonds. The molecule has 1 fully saturated rings. The van der Waals surface area contributed by atoms with Gasteiger partial charge in [-0.3, -0.25) is 4.79 Å². The Morgan fingerprint density at radius 3 is 2.40 bits per heavy atom. The molecule has 0 unspecified atom stereocenters. The molecule has 86 valence electrons. The SMILES string of the molecule is C=CCS(=O)(=O)C1(C(=O)O)CCNCC1. The summed E-state index contributed by atoms with van der Waals surface area (Å²) in [5, 5.41) is 12.1. The minimum atomic E-state index is -3.65. The van der Waals surface area contributed by atoms with Gasteiger partial charge in [-0.25, -0.2) is 8.42 Å². The van der Waals surface area contributed by atoms with Crippen LogP contribution >= 0.6 is 0 Å². The minimum Gasteiger partial charge on any atom is -0.480 e. The summed E-state index contributed by atoms with van der Waals surface area (Å²) in [4.78, 5) is 11.2. The number of carboxylic acids is 1. The van der Waals surface area contributed by atoms with Crippen LogP contribution in [0.15, 0.2) is 12.7 Å². The highest BCUT2D eigenvalue weighted by atomic mass is 32.2. The summed E-state index contributed by atoms with van der Waals surface area (Å²) in [6, 6.07) is 0. The number of rotatable bonds is 4. The molecule has 0 aromatic rings. The van der Waals surface area contributed by atoms with Crippen LogP contribution in [-0.4, -0.2) is 43.1 Å². The predicted octanol–water partition coefficient (Wildman–Crippen LogP) is -0.206. The van der Waals surface area contributed by atoms with Crippen molar-refractivity contribution in [1.82, 2.24) is 5.32 Å². The van der Waals surface area contributed by atoms with Crippen molar-refractivity contribution in [2.75, 3.05) is 18.8 Å². The third-order valence-corrected chi connectivity index (χ3v) is 5.18. The standard InChI is InChI=1S/C9H15NO4S/c1-2-7-15(13,14)9(8(11)12)3-5-10-6-4-9/h2,10H,1,3-7H2,(H,11,12). The monoisotopic (exact) mass is 233 g/mol. The summed E-state index contributed by atoms with van der Waals surface area (Å²) in [6.07, 6.45) is 1.49. The highest BCUT2D eigenvalue weighted by Gasteiger charge is 2.50. The van der Waals surface area contributed by atoms with Crippen molar-refractivity contribution in [2.45, 2.75) is 17.6 Å². The highest BCUT2D eigenvalue weighted by molar-refractivity contribution is 7.93. The molecule has 0 spiro atoms. The Balaban J connectivity index is 3.10. The molecule has 1 saturated heterocycles. The molecule has 1 rings (SSSR count). The molecular weight excluding hydrogens is 218 g/mol. The molecule has 5 nitrogen and oxygen atoms in total. The van der Waals surface area contributed by atoms with Crippen molar-refractivity contribution in [3.63, 3.8) is 0 Å². The maximum Gasteiger partial charge on any atom is 0.325 e. The lowest BCUT2D eigenvalue weighted by molar-refractivity contribution is -0.140. The maximum absolute atomic E-state index is 11.9. The van der Waals surface area contributed by atoms with Crippen molar-refractivity contribution >= 4 is 15.8 Å². The lowest BCUT2D eigenvalue weighted by Crippen LogP contribution is -2.54. The fraction of sp³-hybridized carbons (Fsp3) is 0.667. The molecule has 2 N–H and O–H groups in total. The normalized spacial score (nSPS) is 20.8. The molecular formula is C9H15NO4S. The summed E-state index contributed by atoms with van der Waals surface area (Å²) >= 11 is 0. The van der Waals surface area contributed by atoms with Gasteiger partial charge in [0.15, 0.2) is 14.6 Å². The highest BCUT2D eigenvalue weighted by Crippen LogP contribution is 2.29. The average molecular weight is 233 g/mol. The molecule has 0 aromatic heterocycles. The number of aliphatic carboxylic acids is 1. The largest absolute Gasteiger partial charge is 0.480 e. The number of carboxylic acid groups (broad SMARTS) is 1. The van der Waals surface area contributed by atoms with E-state index in [-0.39, 0.29) is 18.6 Å². The number of carbonyl (C=O) groups is 1. The van der Waals surface area contributed by atoms with E-state index in [1.54, 1.807) is 0 Å². The molecule has 0 atom stereocenters. The van der Waals surface area contributed by atoms with Gasteiger partial charge in [0.25, 0.3) is 0 Å². The zero-order valence-corrected chi connectivity index (χ0v) is 9.22. The minimum absolute atomic E-state index is 0.124. The zero-order chi connectivity index (χ0) is 11.5. The Kier molecular flexibility index (Phi) is 3.51. The van der Waals surface area contributed by atoms with E-state index >= 15 is 0 Å². The fourth-order valence-electron chi connectivity index (χ4n) is 1.80. The molecule has 1 aliphatic heterocycles. The predicted molar refractivity (Wildman–Crippen MR) is 56.5 cm³/mol. The topological polar surface area (TPSA) is 83.5 Å². The van der Waals surface area contributed by atoms with Crippen molar-refractivity contribution in [3.8, 4) is 0 Å². The van der Waals surface area contributed by atoms with Crippen LogP contribution < -0.4 is 5.32 Å². The van der Waals surface area contributed by atoms with Crippen molar-refractivity contribution in [3.05, 3.63) is 12.7 Å². The van der Waals surface area contributed by atoms with Gasteiger partial charge in [0.05, 0.1) is 5.75 Å². The maximum atomic E-state index is 11.9. The molecule has 0 radical (unpaired) electrons. The van der Waals surface area contributed by atoms with E-state index in [1.807, 2.05) is 0 Å². The van der Waals surface area contributed by atoms with E-state index in [2.05, 4.69) is 11.9 Å². The number of hydrogen-bond acceptors (Lipinski definition) is 4. The number of sulfone groups is 1. The van der Waals surface area contributed by atoms with Gasteiger partial charge in [-0.1, -0.05) is 6.08 Å². The smallest absolute Gasteiger partial charge is 0.325 e. The third kappa shape index (κ3) is 2.05. The molecule has 1 heterocycles. The van der Waals surface area contributed by atoms with Crippen LogP contribution in [0.1, 0.15) is 12.8 Å². The summed E-state index contributed by atoms with van der Waals surface area (Å²) in [5.74, 6) is -1.52. The second kappa shape index (κ2) is 4.32. The van der Waals surface area contributed by atoms with Gasteiger partial charge in [0, 0.05) is 0 Å². The van der Waals surface area contributed by atoms with Gasteiger partial charge in [0.1, 0.15) is 0 Å². The first-order valence-electron chi connectivity index (χ1n) is 4.73. The second-order valence-corrected chi connectivity index (χ2v) is 5.96. The number of piperidine rings is 1. The van der Waals surface area contributed by atoms with E-state index in [0.717, 1.165) is 0 Å². The van der Waals surface area contributed by atoms with Crippen LogP contribution in [0.4, 0.5) is 0 Å². The van der Waals surface area contributed by atoms with Gasteiger partial charge < -0.3 is 10.4 Å². The van der Waals surface area contributed by atoms with Crippen LogP contribution in [0.5, 0.6) is 0 Å². The second-order valence-electron chi connectivity index (χ2n) is 3.62. The first-order chi connectivity index (χ1) is 6.96. The summed E-state index contributed by atoms with van der Waals surface area (Å²) in [5.41, 5.74) is 0. The van der Waals surface area contributed by atoms with Crippen molar-refractivity contribution < 1.29 is 18.3 Å². The lowest BCUT2D eigenvalue weighted by atomic mass is 9.97. The molecule has 15 heavy (non-hydrogen) atoms. The van der Waals surface area contributed by atoms with Gasteiger partial charge in [0.2, 0.25) is 0 Å². The van der Waals surface area contributed by atoms with Crippen LogP contribution in [0, 0.1) is 0 Å². The van der Waals surface area contributed by atoms with E-state index in [9.17, 15) is 13.2 Å². The number of nitrogens with one attached hydrogen (secondary N) is 1. The van der Waals surface area contributed by atoms with E-state index in [0.29, 0.717) is 13.1 Å². The van der Waals surface area contributed by atoms with Crippen molar-refractivity contribution in [1.29, 1.82) is 0 Å². The Morgan fingerprint density at radius 1 is 1.47 bits per heavy atom.